The molecule has 0 atom stereocenters. The van der Waals surface area contributed by atoms with Gasteiger partial charge in [-0.15, -0.1) is 0 Å². The largest absolute Gasteiger partial charge is 0.378 e. The lowest BCUT2D eigenvalue weighted by Gasteiger charge is -2.27. The van der Waals surface area contributed by atoms with Crippen LogP contribution in [0.5, 0.6) is 0 Å². The van der Waals surface area contributed by atoms with Crippen molar-refractivity contribution in [3.8, 4) is 0 Å². The van der Waals surface area contributed by atoms with E-state index in [0.717, 1.165) is 32.6 Å². The van der Waals surface area contributed by atoms with Crippen LogP contribution in [-0.2, 0) is 9.53 Å². The van der Waals surface area contributed by atoms with E-state index in [1.54, 1.807) is 0 Å². The van der Waals surface area contributed by atoms with Crippen molar-refractivity contribution in [3.05, 3.63) is 11.6 Å². The van der Waals surface area contributed by atoms with E-state index in [4.69, 9.17) is 4.74 Å². The van der Waals surface area contributed by atoms with Crippen LogP contribution in [0.2, 0.25) is 0 Å². The Balaban J connectivity index is 1.82. The van der Waals surface area contributed by atoms with E-state index in [0.29, 0.717) is 19.6 Å². The number of ether oxygens (including phenoxy) is 1. The first-order valence-electron chi connectivity index (χ1n) is 5.60. The van der Waals surface area contributed by atoms with Crippen LogP contribution in [-0.4, -0.2) is 50.2 Å². The third-order valence-corrected chi connectivity index (χ3v) is 2.85. The van der Waals surface area contributed by atoms with Crippen LogP contribution in [0.15, 0.2) is 11.6 Å². The van der Waals surface area contributed by atoms with E-state index in [9.17, 15) is 4.79 Å². The molecule has 0 aromatic rings. The smallest absolute Gasteiger partial charge is 0.226 e. The van der Waals surface area contributed by atoms with Gasteiger partial charge in [-0.1, -0.05) is 11.6 Å². The molecule has 2 aliphatic rings. The second-order valence-corrected chi connectivity index (χ2v) is 4.00. The van der Waals surface area contributed by atoms with Crippen molar-refractivity contribution in [2.45, 2.75) is 12.8 Å². The van der Waals surface area contributed by atoms with Crippen LogP contribution in [0.4, 0.5) is 0 Å². The van der Waals surface area contributed by atoms with E-state index in [2.05, 4.69) is 11.4 Å². The van der Waals surface area contributed by atoms with Gasteiger partial charge in [-0.05, 0) is 13.0 Å². The summed E-state index contributed by atoms with van der Waals surface area (Å²) in [5.41, 5.74) is 1.23. The van der Waals surface area contributed by atoms with Gasteiger partial charge in [0.2, 0.25) is 5.91 Å². The number of nitrogens with zero attached hydrogens (tertiary/aromatic N) is 1. The Morgan fingerprint density at radius 2 is 2.27 bits per heavy atom. The molecule has 2 heterocycles. The fourth-order valence-electron chi connectivity index (χ4n) is 1.95. The first-order chi connectivity index (χ1) is 7.36. The number of hydrogen-bond acceptors (Lipinski definition) is 3. The van der Waals surface area contributed by atoms with Crippen LogP contribution >= 0.6 is 0 Å². The van der Waals surface area contributed by atoms with E-state index < -0.39 is 0 Å². The van der Waals surface area contributed by atoms with E-state index in [1.807, 2.05) is 4.90 Å². The predicted octanol–water partition coefficient (Wildman–Crippen LogP) is 0.155. The molecule has 0 aromatic carbocycles. The van der Waals surface area contributed by atoms with Crippen molar-refractivity contribution in [2.24, 2.45) is 0 Å². The zero-order chi connectivity index (χ0) is 10.5. The van der Waals surface area contributed by atoms with Crippen molar-refractivity contribution >= 4 is 5.91 Å². The fourth-order valence-corrected chi connectivity index (χ4v) is 1.95. The summed E-state index contributed by atoms with van der Waals surface area (Å²) in [6.07, 6.45) is 3.81. The molecule has 0 aromatic heterocycles. The van der Waals surface area contributed by atoms with Gasteiger partial charge in [0.15, 0.2) is 0 Å². The number of carbonyl (C=O) groups is 1. The van der Waals surface area contributed by atoms with Crippen LogP contribution in [0.3, 0.4) is 0 Å². The molecule has 2 aliphatic heterocycles. The summed E-state index contributed by atoms with van der Waals surface area (Å²) < 4.78 is 5.22. The standard InChI is InChI=1S/C11H18N2O2/c14-11(13-4-6-15-7-5-13)8-10-2-1-3-12-9-10/h2,12H,1,3-9H2. The van der Waals surface area contributed by atoms with Crippen molar-refractivity contribution in [2.75, 3.05) is 39.4 Å². The monoisotopic (exact) mass is 210 g/mol. The Morgan fingerprint density at radius 1 is 1.47 bits per heavy atom. The molecule has 4 heteroatoms. The normalized spacial score (nSPS) is 22.4. The summed E-state index contributed by atoms with van der Waals surface area (Å²) >= 11 is 0. The maximum atomic E-state index is 11.9. The Bertz CT molecular complexity index is 257. The number of nitrogens with one attached hydrogen (secondary N) is 1. The molecule has 0 saturated carbocycles. The van der Waals surface area contributed by atoms with Crippen LogP contribution < -0.4 is 5.32 Å². The topological polar surface area (TPSA) is 41.6 Å². The summed E-state index contributed by atoms with van der Waals surface area (Å²) in [4.78, 5) is 13.8. The van der Waals surface area contributed by atoms with Crippen molar-refractivity contribution in [3.63, 3.8) is 0 Å². The van der Waals surface area contributed by atoms with Crippen LogP contribution in [0.1, 0.15) is 12.8 Å². The van der Waals surface area contributed by atoms with Crippen molar-refractivity contribution in [1.82, 2.24) is 10.2 Å². The average molecular weight is 210 g/mol. The summed E-state index contributed by atoms with van der Waals surface area (Å²) in [6.45, 7) is 4.77. The Morgan fingerprint density at radius 3 is 2.93 bits per heavy atom. The van der Waals surface area contributed by atoms with Gasteiger partial charge in [-0.25, -0.2) is 0 Å². The number of amides is 1. The number of hydrogen-bond donors (Lipinski definition) is 1. The molecule has 15 heavy (non-hydrogen) atoms. The van der Waals surface area contributed by atoms with Crippen molar-refractivity contribution in [1.29, 1.82) is 0 Å². The van der Waals surface area contributed by atoms with Gasteiger partial charge in [-0.2, -0.15) is 0 Å². The van der Waals surface area contributed by atoms with Gasteiger partial charge in [0.05, 0.1) is 13.2 Å². The minimum Gasteiger partial charge on any atom is -0.378 e. The van der Waals surface area contributed by atoms with Gasteiger partial charge >= 0.3 is 0 Å². The first kappa shape index (κ1) is 10.6. The maximum Gasteiger partial charge on any atom is 0.226 e. The second-order valence-electron chi connectivity index (χ2n) is 4.00. The summed E-state index contributed by atoms with van der Waals surface area (Å²) in [5, 5.41) is 3.28. The van der Waals surface area contributed by atoms with Gasteiger partial charge in [0, 0.05) is 26.1 Å². The zero-order valence-corrected chi connectivity index (χ0v) is 9.00. The third kappa shape index (κ3) is 3.04. The molecule has 0 spiro atoms. The van der Waals surface area contributed by atoms with Gasteiger partial charge in [-0.3, -0.25) is 4.79 Å². The molecule has 1 fully saturated rings. The molecule has 0 radical (unpaired) electrons. The van der Waals surface area contributed by atoms with Crippen LogP contribution in [0, 0.1) is 0 Å². The number of morpholine rings is 1. The zero-order valence-electron chi connectivity index (χ0n) is 9.00. The third-order valence-electron chi connectivity index (χ3n) is 2.85. The molecule has 4 nitrogen and oxygen atoms in total. The van der Waals surface area contributed by atoms with Crippen molar-refractivity contribution < 1.29 is 9.53 Å². The van der Waals surface area contributed by atoms with Crippen LogP contribution in [0.25, 0.3) is 0 Å². The molecular formula is C11H18N2O2. The molecule has 1 saturated heterocycles. The highest BCUT2D eigenvalue weighted by atomic mass is 16.5. The summed E-state index contributed by atoms with van der Waals surface area (Å²) in [7, 11) is 0. The quantitative estimate of drug-likeness (QED) is 0.660. The highest BCUT2D eigenvalue weighted by Gasteiger charge is 2.18. The predicted molar refractivity (Wildman–Crippen MR) is 57.6 cm³/mol. The molecule has 1 N–H and O–H groups in total. The molecule has 0 bridgehead atoms. The van der Waals surface area contributed by atoms with Gasteiger partial charge in [0.25, 0.3) is 0 Å². The maximum absolute atomic E-state index is 11.9. The van der Waals surface area contributed by atoms with Gasteiger partial charge in [0.1, 0.15) is 0 Å². The molecule has 0 unspecified atom stereocenters. The number of rotatable bonds is 2. The summed E-state index contributed by atoms with van der Waals surface area (Å²) in [6, 6.07) is 0. The summed E-state index contributed by atoms with van der Waals surface area (Å²) in [5.74, 6) is 0.244. The molecule has 2 rings (SSSR count). The number of carbonyl (C=O) groups excluding carboxylic acids is 1. The van der Waals surface area contributed by atoms with E-state index in [1.165, 1.54) is 5.57 Å². The Hall–Kier alpha value is -0.870. The SMILES string of the molecule is O=C(CC1=CCCNC1)N1CCOCC1. The fraction of sp³-hybridized carbons (Fsp3) is 0.727. The van der Waals surface area contributed by atoms with Gasteiger partial charge < -0.3 is 15.0 Å². The van der Waals surface area contributed by atoms with E-state index >= 15 is 0 Å². The molecule has 1 amide bonds. The molecule has 84 valence electrons. The Kier molecular flexibility index (Phi) is 3.75. The second kappa shape index (κ2) is 5.28. The Labute approximate surface area is 90.3 Å². The lowest BCUT2D eigenvalue weighted by atomic mass is 10.1. The minimum absolute atomic E-state index is 0.244. The molecule has 0 aliphatic carbocycles. The minimum atomic E-state index is 0.244. The lowest BCUT2D eigenvalue weighted by molar-refractivity contribution is -0.134. The first-order valence-corrected chi connectivity index (χ1v) is 5.60. The highest BCUT2D eigenvalue weighted by Crippen LogP contribution is 2.09. The van der Waals surface area contributed by atoms with E-state index in [-0.39, 0.29) is 5.91 Å². The average Bonchev–Trinajstić information content (AvgIpc) is 2.31. The molecular weight excluding hydrogens is 192 g/mol. The lowest BCUT2D eigenvalue weighted by Crippen LogP contribution is -2.41. The highest BCUT2D eigenvalue weighted by molar-refractivity contribution is 5.78.